The molecule has 5 nitrogen and oxygen atoms in total. The zero-order chi connectivity index (χ0) is 13.5. The molecule has 1 heterocycles. The standard InChI is InChI=1S/C13H14N4OS/c1-2-8-14-12(18)9-19-13-15-10-17(16-13)11-6-4-3-5-7-11/h2-7,10H,1,8-9H2,(H,14,18). The van der Waals surface area contributed by atoms with Gasteiger partial charge in [-0.2, -0.15) is 0 Å². The Morgan fingerprint density at radius 2 is 2.21 bits per heavy atom. The summed E-state index contributed by atoms with van der Waals surface area (Å²) in [5.74, 6) is 0.244. The zero-order valence-electron chi connectivity index (χ0n) is 10.3. The van der Waals surface area contributed by atoms with E-state index in [2.05, 4.69) is 22.0 Å². The van der Waals surface area contributed by atoms with Crippen molar-refractivity contribution in [2.45, 2.75) is 5.16 Å². The van der Waals surface area contributed by atoms with Crippen LogP contribution in [0.2, 0.25) is 0 Å². The number of para-hydroxylation sites is 1. The zero-order valence-corrected chi connectivity index (χ0v) is 11.1. The lowest BCUT2D eigenvalue weighted by molar-refractivity contribution is -0.118. The lowest BCUT2D eigenvalue weighted by Crippen LogP contribution is -2.24. The number of hydrogen-bond acceptors (Lipinski definition) is 4. The van der Waals surface area contributed by atoms with Crippen LogP contribution in [-0.4, -0.2) is 33.0 Å². The summed E-state index contributed by atoms with van der Waals surface area (Å²) in [4.78, 5) is 15.6. The molecule has 1 N–H and O–H groups in total. The normalized spacial score (nSPS) is 10.1. The van der Waals surface area contributed by atoms with Crippen LogP contribution in [0.4, 0.5) is 0 Å². The number of nitrogens with zero attached hydrogens (tertiary/aromatic N) is 3. The SMILES string of the molecule is C=CCNC(=O)CSc1ncn(-c2ccccc2)n1. The fourth-order valence-electron chi connectivity index (χ4n) is 1.39. The molecule has 2 aromatic rings. The molecule has 1 aromatic heterocycles. The maximum atomic E-state index is 11.4. The highest BCUT2D eigenvalue weighted by molar-refractivity contribution is 7.99. The average molecular weight is 274 g/mol. The minimum atomic E-state index is -0.0547. The predicted molar refractivity (Wildman–Crippen MR) is 75.3 cm³/mol. The third-order valence-electron chi connectivity index (χ3n) is 2.27. The summed E-state index contributed by atoms with van der Waals surface area (Å²) in [6.07, 6.45) is 3.28. The molecule has 1 aromatic carbocycles. The van der Waals surface area contributed by atoms with Gasteiger partial charge in [-0.3, -0.25) is 4.79 Å². The number of benzene rings is 1. The van der Waals surface area contributed by atoms with Crippen LogP contribution in [0.1, 0.15) is 0 Å². The summed E-state index contributed by atoms with van der Waals surface area (Å²) in [6, 6.07) is 9.71. The van der Waals surface area contributed by atoms with Crippen LogP contribution in [0.15, 0.2) is 54.5 Å². The number of hydrogen-bond donors (Lipinski definition) is 1. The van der Waals surface area contributed by atoms with Crippen molar-refractivity contribution >= 4 is 17.7 Å². The molecule has 2 rings (SSSR count). The van der Waals surface area contributed by atoms with Crippen LogP contribution >= 0.6 is 11.8 Å². The molecule has 6 heteroatoms. The Bertz CT molecular complexity index is 553. The summed E-state index contributed by atoms with van der Waals surface area (Å²) >= 11 is 1.31. The fourth-order valence-corrected chi connectivity index (χ4v) is 2.02. The van der Waals surface area contributed by atoms with E-state index in [4.69, 9.17) is 0 Å². The van der Waals surface area contributed by atoms with Crippen LogP contribution < -0.4 is 5.32 Å². The Balaban J connectivity index is 1.91. The Hall–Kier alpha value is -2.08. The van der Waals surface area contributed by atoms with Gasteiger partial charge in [0.05, 0.1) is 11.4 Å². The number of carbonyl (C=O) groups excluding carboxylic acids is 1. The van der Waals surface area contributed by atoms with Crippen molar-refractivity contribution in [2.24, 2.45) is 0 Å². The minimum absolute atomic E-state index is 0.0547. The van der Waals surface area contributed by atoms with E-state index in [1.54, 1.807) is 17.1 Å². The highest BCUT2D eigenvalue weighted by Gasteiger charge is 2.06. The number of aromatic nitrogens is 3. The van der Waals surface area contributed by atoms with Crippen LogP contribution in [-0.2, 0) is 4.79 Å². The van der Waals surface area contributed by atoms with Gasteiger partial charge in [-0.25, -0.2) is 9.67 Å². The van der Waals surface area contributed by atoms with E-state index >= 15 is 0 Å². The molecular formula is C13H14N4OS. The second-order valence-electron chi connectivity index (χ2n) is 3.69. The van der Waals surface area contributed by atoms with Crippen LogP contribution in [0.25, 0.3) is 5.69 Å². The number of rotatable bonds is 6. The molecule has 0 bridgehead atoms. The Labute approximate surface area is 115 Å². The van der Waals surface area contributed by atoms with E-state index in [0.29, 0.717) is 17.5 Å². The highest BCUT2D eigenvalue weighted by atomic mass is 32.2. The van der Waals surface area contributed by atoms with Gasteiger partial charge < -0.3 is 5.32 Å². The lowest BCUT2D eigenvalue weighted by atomic mass is 10.3. The molecular weight excluding hydrogens is 260 g/mol. The largest absolute Gasteiger partial charge is 0.352 e. The van der Waals surface area contributed by atoms with E-state index in [1.165, 1.54) is 11.8 Å². The molecule has 0 aliphatic carbocycles. The first-order valence-electron chi connectivity index (χ1n) is 5.77. The third kappa shape index (κ3) is 3.96. The van der Waals surface area contributed by atoms with Gasteiger partial charge in [0.25, 0.3) is 0 Å². The van der Waals surface area contributed by atoms with Gasteiger partial charge in [-0.1, -0.05) is 36.0 Å². The summed E-state index contributed by atoms with van der Waals surface area (Å²) in [5.41, 5.74) is 0.943. The van der Waals surface area contributed by atoms with Crippen molar-refractivity contribution in [3.63, 3.8) is 0 Å². The highest BCUT2D eigenvalue weighted by Crippen LogP contribution is 2.13. The van der Waals surface area contributed by atoms with Gasteiger partial charge in [-0.05, 0) is 12.1 Å². The monoisotopic (exact) mass is 274 g/mol. The van der Waals surface area contributed by atoms with Gasteiger partial charge in [0.15, 0.2) is 0 Å². The summed E-state index contributed by atoms with van der Waals surface area (Å²) in [7, 11) is 0. The van der Waals surface area contributed by atoms with Gasteiger partial charge in [-0.15, -0.1) is 11.7 Å². The molecule has 19 heavy (non-hydrogen) atoms. The molecule has 98 valence electrons. The average Bonchev–Trinajstić information content (AvgIpc) is 2.93. The quantitative estimate of drug-likeness (QED) is 0.643. The summed E-state index contributed by atoms with van der Waals surface area (Å²) in [6.45, 7) is 4.02. The molecule has 0 aliphatic rings. The summed E-state index contributed by atoms with van der Waals surface area (Å²) < 4.78 is 1.68. The second-order valence-corrected chi connectivity index (χ2v) is 4.63. The molecule has 0 unspecified atom stereocenters. The first kappa shape index (κ1) is 13.4. The Morgan fingerprint density at radius 3 is 2.95 bits per heavy atom. The van der Waals surface area contributed by atoms with Gasteiger partial charge in [0.1, 0.15) is 6.33 Å². The Morgan fingerprint density at radius 1 is 1.42 bits per heavy atom. The van der Waals surface area contributed by atoms with E-state index in [0.717, 1.165) is 5.69 Å². The van der Waals surface area contributed by atoms with Crippen molar-refractivity contribution in [3.05, 3.63) is 49.3 Å². The number of thioether (sulfide) groups is 1. The van der Waals surface area contributed by atoms with E-state index in [-0.39, 0.29) is 5.91 Å². The topological polar surface area (TPSA) is 59.8 Å². The first-order chi connectivity index (χ1) is 9.29. The van der Waals surface area contributed by atoms with Crippen molar-refractivity contribution in [1.29, 1.82) is 0 Å². The molecule has 0 saturated heterocycles. The fraction of sp³-hybridized carbons (Fsp3) is 0.154. The number of amides is 1. The van der Waals surface area contributed by atoms with Crippen LogP contribution in [0.3, 0.4) is 0 Å². The molecule has 0 atom stereocenters. The van der Waals surface area contributed by atoms with E-state index in [1.807, 2.05) is 30.3 Å². The first-order valence-corrected chi connectivity index (χ1v) is 6.75. The second kappa shape index (κ2) is 6.75. The van der Waals surface area contributed by atoms with Crippen LogP contribution in [0.5, 0.6) is 0 Å². The van der Waals surface area contributed by atoms with E-state index in [9.17, 15) is 4.79 Å². The molecule has 0 spiro atoms. The van der Waals surface area contributed by atoms with Gasteiger partial charge in [0.2, 0.25) is 11.1 Å². The molecule has 0 aliphatic heterocycles. The summed E-state index contributed by atoms with van der Waals surface area (Å²) in [5, 5.41) is 7.58. The van der Waals surface area contributed by atoms with Crippen molar-refractivity contribution in [3.8, 4) is 5.69 Å². The van der Waals surface area contributed by atoms with Crippen LogP contribution in [0, 0.1) is 0 Å². The molecule has 0 saturated carbocycles. The molecule has 1 amide bonds. The maximum Gasteiger partial charge on any atom is 0.230 e. The third-order valence-corrected chi connectivity index (χ3v) is 3.12. The van der Waals surface area contributed by atoms with Gasteiger partial charge >= 0.3 is 0 Å². The number of nitrogens with one attached hydrogen (secondary N) is 1. The van der Waals surface area contributed by atoms with Crippen molar-refractivity contribution in [2.75, 3.05) is 12.3 Å². The maximum absolute atomic E-state index is 11.4. The Kier molecular flexibility index (Phi) is 4.74. The van der Waals surface area contributed by atoms with Crippen molar-refractivity contribution in [1.82, 2.24) is 20.1 Å². The molecule has 0 radical (unpaired) electrons. The van der Waals surface area contributed by atoms with E-state index < -0.39 is 0 Å². The lowest BCUT2D eigenvalue weighted by Gasteiger charge is -2.00. The minimum Gasteiger partial charge on any atom is -0.352 e. The molecule has 0 fully saturated rings. The van der Waals surface area contributed by atoms with Crippen molar-refractivity contribution < 1.29 is 4.79 Å². The number of carbonyl (C=O) groups is 1. The smallest absolute Gasteiger partial charge is 0.230 e. The van der Waals surface area contributed by atoms with Gasteiger partial charge in [0, 0.05) is 6.54 Å². The predicted octanol–water partition coefficient (Wildman–Crippen LogP) is 1.66.